The van der Waals surface area contributed by atoms with Gasteiger partial charge in [0.1, 0.15) is 0 Å². The molecule has 3 nitrogen and oxygen atoms in total. The molecule has 0 fully saturated rings. The topological polar surface area (TPSA) is 46.2 Å². The number of hydrogen-bond acceptors (Lipinski definition) is 3. The fourth-order valence-corrected chi connectivity index (χ4v) is 3.66. The Hall–Kier alpha value is -1.81. The van der Waals surface area contributed by atoms with Gasteiger partial charge in [-0.3, -0.25) is 0 Å². The Morgan fingerprint density at radius 3 is 2.55 bits per heavy atom. The summed E-state index contributed by atoms with van der Waals surface area (Å²) in [6.07, 6.45) is 3.28. The highest BCUT2D eigenvalue weighted by Crippen LogP contribution is 2.35. The van der Waals surface area contributed by atoms with Crippen molar-refractivity contribution in [2.24, 2.45) is 0 Å². The second-order valence-corrected chi connectivity index (χ2v) is 7.19. The number of benzene rings is 2. The number of aryl methyl sites for hydroxylation is 1. The zero-order valence-corrected chi connectivity index (χ0v) is 12.2. The number of rotatable bonds is 3. The van der Waals surface area contributed by atoms with Gasteiger partial charge in [0.25, 0.3) is 0 Å². The Morgan fingerprint density at radius 1 is 1.05 bits per heavy atom. The van der Waals surface area contributed by atoms with Gasteiger partial charge in [0, 0.05) is 6.26 Å². The first-order chi connectivity index (χ1) is 9.55. The van der Waals surface area contributed by atoms with Gasteiger partial charge in [-0.15, -0.1) is 0 Å². The lowest BCUT2D eigenvalue weighted by molar-refractivity contribution is 0.602. The lowest BCUT2D eigenvalue weighted by Crippen LogP contribution is -2.10. The summed E-state index contributed by atoms with van der Waals surface area (Å²) in [4.78, 5) is 0.365. The standard InChI is InChI=1S/C16H17NO2S/c1-20(18,19)16-9-5-4-8-15(16)17-14-11-10-12-6-2-3-7-13(12)14/h2-9,14,17H,10-11H2,1H3. The first-order valence-corrected chi connectivity index (χ1v) is 8.58. The molecular formula is C16H17NO2S. The van der Waals surface area contributed by atoms with E-state index in [0.29, 0.717) is 10.6 Å². The van der Waals surface area contributed by atoms with E-state index < -0.39 is 9.84 Å². The molecule has 1 aliphatic rings. The van der Waals surface area contributed by atoms with E-state index in [1.165, 1.54) is 17.4 Å². The summed E-state index contributed by atoms with van der Waals surface area (Å²) in [5, 5.41) is 3.39. The molecule has 104 valence electrons. The maximum absolute atomic E-state index is 11.8. The van der Waals surface area contributed by atoms with Crippen LogP contribution in [0.1, 0.15) is 23.6 Å². The number of nitrogens with one attached hydrogen (secondary N) is 1. The third-order valence-electron chi connectivity index (χ3n) is 3.75. The van der Waals surface area contributed by atoms with Crippen molar-refractivity contribution in [2.45, 2.75) is 23.8 Å². The molecule has 1 N–H and O–H groups in total. The molecule has 0 spiro atoms. The number of anilines is 1. The molecule has 0 bridgehead atoms. The van der Waals surface area contributed by atoms with E-state index in [-0.39, 0.29) is 6.04 Å². The second kappa shape index (κ2) is 4.94. The van der Waals surface area contributed by atoms with Crippen LogP contribution in [-0.2, 0) is 16.3 Å². The molecule has 0 aromatic heterocycles. The first-order valence-electron chi connectivity index (χ1n) is 6.69. The quantitative estimate of drug-likeness (QED) is 0.943. The van der Waals surface area contributed by atoms with Crippen molar-refractivity contribution in [2.75, 3.05) is 11.6 Å². The molecule has 2 aromatic rings. The molecule has 0 heterocycles. The van der Waals surface area contributed by atoms with Crippen LogP contribution >= 0.6 is 0 Å². The number of fused-ring (bicyclic) bond motifs is 1. The minimum absolute atomic E-state index is 0.189. The molecule has 0 amide bonds. The molecule has 1 aliphatic carbocycles. The van der Waals surface area contributed by atoms with Gasteiger partial charge >= 0.3 is 0 Å². The van der Waals surface area contributed by atoms with Gasteiger partial charge in [-0.25, -0.2) is 8.42 Å². The lowest BCUT2D eigenvalue weighted by atomic mass is 10.1. The lowest BCUT2D eigenvalue weighted by Gasteiger charge is -2.17. The first kappa shape index (κ1) is 13.2. The molecule has 20 heavy (non-hydrogen) atoms. The highest BCUT2D eigenvalue weighted by molar-refractivity contribution is 7.90. The summed E-state index contributed by atoms with van der Waals surface area (Å²) in [7, 11) is -3.21. The van der Waals surface area contributed by atoms with Crippen molar-refractivity contribution >= 4 is 15.5 Å². The maximum atomic E-state index is 11.8. The molecular weight excluding hydrogens is 270 g/mol. The van der Waals surface area contributed by atoms with Crippen LogP contribution in [0.4, 0.5) is 5.69 Å². The Labute approximate surface area is 119 Å². The largest absolute Gasteiger partial charge is 0.377 e. The van der Waals surface area contributed by atoms with Crippen LogP contribution in [0.2, 0.25) is 0 Å². The molecule has 0 aliphatic heterocycles. The Balaban J connectivity index is 1.94. The van der Waals surface area contributed by atoms with Crippen LogP contribution < -0.4 is 5.32 Å². The molecule has 3 rings (SSSR count). The maximum Gasteiger partial charge on any atom is 0.177 e. The zero-order chi connectivity index (χ0) is 14.2. The van der Waals surface area contributed by atoms with Gasteiger partial charge in [-0.05, 0) is 36.1 Å². The van der Waals surface area contributed by atoms with E-state index in [4.69, 9.17) is 0 Å². The SMILES string of the molecule is CS(=O)(=O)c1ccccc1NC1CCc2ccccc21. The molecule has 2 aromatic carbocycles. The predicted octanol–water partition coefficient (Wildman–Crippen LogP) is 3.19. The van der Waals surface area contributed by atoms with Crippen molar-refractivity contribution in [3.05, 3.63) is 59.7 Å². The Kier molecular flexibility index (Phi) is 3.26. The van der Waals surface area contributed by atoms with E-state index in [9.17, 15) is 8.42 Å². The minimum Gasteiger partial charge on any atom is -0.377 e. The smallest absolute Gasteiger partial charge is 0.177 e. The fourth-order valence-electron chi connectivity index (χ4n) is 2.80. The summed E-state index contributed by atoms with van der Waals surface area (Å²) in [5.74, 6) is 0. The van der Waals surface area contributed by atoms with E-state index >= 15 is 0 Å². The van der Waals surface area contributed by atoms with E-state index in [1.54, 1.807) is 12.1 Å². The van der Waals surface area contributed by atoms with Crippen molar-refractivity contribution < 1.29 is 8.42 Å². The van der Waals surface area contributed by atoms with Gasteiger partial charge in [-0.1, -0.05) is 36.4 Å². The number of para-hydroxylation sites is 1. The summed E-state index contributed by atoms with van der Waals surface area (Å²) in [6, 6.07) is 15.6. The fraction of sp³-hybridized carbons (Fsp3) is 0.250. The van der Waals surface area contributed by atoms with Crippen LogP contribution in [-0.4, -0.2) is 14.7 Å². The van der Waals surface area contributed by atoms with Crippen LogP contribution in [0.15, 0.2) is 53.4 Å². The van der Waals surface area contributed by atoms with Gasteiger partial charge in [-0.2, -0.15) is 0 Å². The summed E-state index contributed by atoms with van der Waals surface area (Å²) >= 11 is 0. The van der Waals surface area contributed by atoms with Crippen molar-refractivity contribution in [3.63, 3.8) is 0 Å². The van der Waals surface area contributed by atoms with E-state index in [2.05, 4.69) is 17.4 Å². The molecule has 1 unspecified atom stereocenters. The molecule has 1 atom stereocenters. The average molecular weight is 287 g/mol. The van der Waals surface area contributed by atoms with Crippen LogP contribution in [0.25, 0.3) is 0 Å². The molecule has 0 radical (unpaired) electrons. The van der Waals surface area contributed by atoms with Crippen LogP contribution in [0.3, 0.4) is 0 Å². The molecule has 0 saturated heterocycles. The van der Waals surface area contributed by atoms with Gasteiger partial charge in [0.2, 0.25) is 0 Å². The monoisotopic (exact) mass is 287 g/mol. The third kappa shape index (κ3) is 2.43. The van der Waals surface area contributed by atoms with Gasteiger partial charge < -0.3 is 5.32 Å². The second-order valence-electron chi connectivity index (χ2n) is 5.20. The number of sulfone groups is 1. The third-order valence-corrected chi connectivity index (χ3v) is 4.90. The predicted molar refractivity (Wildman–Crippen MR) is 80.7 cm³/mol. The van der Waals surface area contributed by atoms with Crippen molar-refractivity contribution in [1.82, 2.24) is 0 Å². The zero-order valence-electron chi connectivity index (χ0n) is 11.3. The van der Waals surface area contributed by atoms with Crippen molar-refractivity contribution in [1.29, 1.82) is 0 Å². The summed E-state index contributed by atoms with van der Waals surface area (Å²) < 4.78 is 23.7. The van der Waals surface area contributed by atoms with Crippen LogP contribution in [0.5, 0.6) is 0 Å². The summed E-state index contributed by atoms with van der Waals surface area (Å²) in [5.41, 5.74) is 3.31. The minimum atomic E-state index is -3.21. The molecule has 4 heteroatoms. The Bertz CT molecular complexity index is 738. The van der Waals surface area contributed by atoms with E-state index in [0.717, 1.165) is 12.8 Å². The van der Waals surface area contributed by atoms with Crippen molar-refractivity contribution in [3.8, 4) is 0 Å². The Morgan fingerprint density at radius 2 is 1.75 bits per heavy atom. The highest BCUT2D eigenvalue weighted by Gasteiger charge is 2.23. The molecule has 0 saturated carbocycles. The van der Waals surface area contributed by atoms with Crippen LogP contribution in [0, 0.1) is 0 Å². The number of hydrogen-bond donors (Lipinski definition) is 1. The van der Waals surface area contributed by atoms with E-state index in [1.807, 2.05) is 24.3 Å². The van der Waals surface area contributed by atoms with Gasteiger partial charge in [0.05, 0.1) is 16.6 Å². The highest BCUT2D eigenvalue weighted by atomic mass is 32.2. The average Bonchev–Trinajstić information content (AvgIpc) is 2.82. The normalized spacial score (nSPS) is 17.8. The summed E-state index contributed by atoms with van der Waals surface area (Å²) in [6.45, 7) is 0. The van der Waals surface area contributed by atoms with Gasteiger partial charge in [0.15, 0.2) is 9.84 Å².